The normalized spacial score (nSPS) is 10.7. The highest BCUT2D eigenvalue weighted by atomic mass is 35.5. The average Bonchev–Trinajstić information content (AvgIpc) is 3.15. The van der Waals surface area contributed by atoms with E-state index in [1.165, 1.54) is 17.8 Å². The Kier molecular flexibility index (Phi) is 7.48. The third kappa shape index (κ3) is 5.96. The van der Waals surface area contributed by atoms with E-state index in [1.54, 1.807) is 43.3 Å². The summed E-state index contributed by atoms with van der Waals surface area (Å²) >= 11 is 7.10. The molecular formula is C20H20ClN5O4S. The van der Waals surface area contributed by atoms with E-state index in [-0.39, 0.29) is 24.0 Å². The van der Waals surface area contributed by atoms with Crippen LogP contribution in [0, 0.1) is 17.0 Å². The molecule has 0 spiro atoms. The maximum Gasteiger partial charge on any atom is 0.274 e. The first kappa shape index (κ1) is 22.6. The van der Waals surface area contributed by atoms with E-state index in [9.17, 15) is 14.9 Å². The largest absolute Gasteiger partial charge is 0.486 e. The van der Waals surface area contributed by atoms with Gasteiger partial charge in [0.2, 0.25) is 5.91 Å². The van der Waals surface area contributed by atoms with Gasteiger partial charge in [0.1, 0.15) is 12.4 Å². The highest BCUT2D eigenvalue weighted by Gasteiger charge is 2.15. The first-order valence-electron chi connectivity index (χ1n) is 9.35. The molecule has 162 valence electrons. The van der Waals surface area contributed by atoms with Gasteiger partial charge in [0.05, 0.1) is 10.7 Å². The number of aryl methyl sites for hydroxylation is 1. The lowest BCUT2D eigenvalue weighted by molar-refractivity contribution is -0.385. The molecule has 3 rings (SSSR count). The van der Waals surface area contributed by atoms with Crippen LogP contribution in [0.25, 0.3) is 0 Å². The van der Waals surface area contributed by atoms with E-state index in [0.717, 1.165) is 0 Å². The minimum absolute atomic E-state index is 0.0403. The van der Waals surface area contributed by atoms with Gasteiger partial charge in [-0.05, 0) is 44.2 Å². The van der Waals surface area contributed by atoms with Crippen LogP contribution in [-0.2, 0) is 17.9 Å². The fraction of sp³-hybridized carbons (Fsp3) is 0.250. The molecule has 1 amide bonds. The molecule has 9 nitrogen and oxygen atoms in total. The molecule has 11 heteroatoms. The standard InChI is InChI=1S/C20H20ClN5O4S/c1-3-25-18(11-30-16-8-5-14(21)6-9-16)23-24-20(25)31-12-19(27)22-15-7-4-13(2)17(10-15)26(28)29/h4-10H,3,11-12H2,1-2H3,(H,22,27). The van der Waals surface area contributed by atoms with Crippen LogP contribution in [0.5, 0.6) is 5.75 Å². The van der Waals surface area contributed by atoms with Crippen molar-refractivity contribution in [2.75, 3.05) is 11.1 Å². The number of nitro groups is 1. The molecule has 31 heavy (non-hydrogen) atoms. The second-order valence-electron chi connectivity index (χ2n) is 6.48. The maximum atomic E-state index is 12.3. The molecular weight excluding hydrogens is 442 g/mol. The van der Waals surface area contributed by atoms with Gasteiger partial charge in [0.15, 0.2) is 11.0 Å². The molecule has 0 unspecified atom stereocenters. The van der Waals surface area contributed by atoms with Crippen molar-refractivity contribution in [2.24, 2.45) is 0 Å². The second kappa shape index (κ2) is 10.3. The Bertz CT molecular complexity index is 1090. The van der Waals surface area contributed by atoms with E-state index in [1.807, 2.05) is 11.5 Å². The number of rotatable bonds is 9. The van der Waals surface area contributed by atoms with Crippen molar-refractivity contribution < 1.29 is 14.5 Å². The van der Waals surface area contributed by atoms with Crippen molar-refractivity contribution in [3.05, 3.63) is 69.0 Å². The van der Waals surface area contributed by atoms with Gasteiger partial charge >= 0.3 is 0 Å². The molecule has 0 fully saturated rings. The number of amides is 1. The lowest BCUT2D eigenvalue weighted by Gasteiger charge is -2.09. The zero-order valence-electron chi connectivity index (χ0n) is 16.9. The van der Waals surface area contributed by atoms with Crippen LogP contribution in [-0.4, -0.2) is 31.3 Å². The van der Waals surface area contributed by atoms with E-state index >= 15 is 0 Å². The summed E-state index contributed by atoms with van der Waals surface area (Å²) in [5.74, 6) is 1.08. The highest BCUT2D eigenvalue weighted by Crippen LogP contribution is 2.23. The zero-order valence-corrected chi connectivity index (χ0v) is 18.4. The van der Waals surface area contributed by atoms with E-state index in [0.29, 0.717) is 39.5 Å². The van der Waals surface area contributed by atoms with Gasteiger partial charge in [-0.15, -0.1) is 10.2 Å². The van der Waals surface area contributed by atoms with Gasteiger partial charge in [-0.3, -0.25) is 14.9 Å². The fourth-order valence-electron chi connectivity index (χ4n) is 2.74. The van der Waals surface area contributed by atoms with Crippen LogP contribution in [0.4, 0.5) is 11.4 Å². The summed E-state index contributed by atoms with van der Waals surface area (Å²) in [4.78, 5) is 22.9. The molecule has 1 heterocycles. The van der Waals surface area contributed by atoms with Crippen LogP contribution in [0.3, 0.4) is 0 Å². The molecule has 0 aliphatic heterocycles. The van der Waals surface area contributed by atoms with Crippen molar-refractivity contribution in [3.63, 3.8) is 0 Å². The van der Waals surface area contributed by atoms with Crippen LogP contribution in [0.15, 0.2) is 47.6 Å². The number of carbonyl (C=O) groups is 1. The Morgan fingerprint density at radius 2 is 2.00 bits per heavy atom. The molecule has 1 N–H and O–H groups in total. The Morgan fingerprint density at radius 3 is 2.68 bits per heavy atom. The minimum Gasteiger partial charge on any atom is -0.486 e. The first-order valence-corrected chi connectivity index (χ1v) is 10.7. The number of thioether (sulfide) groups is 1. The van der Waals surface area contributed by atoms with Gasteiger partial charge in [0.25, 0.3) is 5.69 Å². The quantitative estimate of drug-likeness (QED) is 0.284. The van der Waals surface area contributed by atoms with Gasteiger partial charge < -0.3 is 14.6 Å². The van der Waals surface area contributed by atoms with Crippen molar-refractivity contribution in [3.8, 4) is 5.75 Å². The molecule has 0 aliphatic rings. The minimum atomic E-state index is -0.475. The Balaban J connectivity index is 1.58. The van der Waals surface area contributed by atoms with E-state index in [2.05, 4.69) is 15.5 Å². The molecule has 2 aromatic carbocycles. The lowest BCUT2D eigenvalue weighted by atomic mass is 10.2. The molecule has 0 bridgehead atoms. The maximum absolute atomic E-state index is 12.3. The summed E-state index contributed by atoms with van der Waals surface area (Å²) in [5.41, 5.74) is 0.861. The topological polar surface area (TPSA) is 112 Å². The molecule has 0 radical (unpaired) electrons. The SMILES string of the molecule is CCn1c(COc2ccc(Cl)cc2)nnc1SCC(=O)Nc1ccc(C)c([N+](=O)[O-])c1. The molecule has 0 saturated heterocycles. The third-order valence-electron chi connectivity index (χ3n) is 4.31. The number of hydrogen-bond acceptors (Lipinski definition) is 7. The van der Waals surface area contributed by atoms with Crippen molar-refractivity contribution in [2.45, 2.75) is 32.2 Å². The van der Waals surface area contributed by atoms with Crippen LogP contribution in [0.1, 0.15) is 18.3 Å². The second-order valence-corrected chi connectivity index (χ2v) is 7.86. The molecule has 1 aromatic heterocycles. The number of hydrogen-bond donors (Lipinski definition) is 1. The summed E-state index contributed by atoms with van der Waals surface area (Å²) in [6, 6.07) is 11.6. The summed E-state index contributed by atoms with van der Waals surface area (Å²) in [6.45, 7) is 4.43. The zero-order chi connectivity index (χ0) is 22.4. The number of aromatic nitrogens is 3. The average molecular weight is 462 g/mol. The first-order chi connectivity index (χ1) is 14.9. The summed E-state index contributed by atoms with van der Waals surface area (Å²) in [5, 5.41) is 23.2. The van der Waals surface area contributed by atoms with Gasteiger partial charge in [-0.1, -0.05) is 29.4 Å². The number of nitrogens with zero attached hydrogens (tertiary/aromatic N) is 4. The van der Waals surface area contributed by atoms with Crippen molar-refractivity contribution in [1.29, 1.82) is 0 Å². The number of nitrogens with one attached hydrogen (secondary N) is 1. The van der Waals surface area contributed by atoms with E-state index < -0.39 is 4.92 Å². The molecule has 0 aliphatic carbocycles. The summed E-state index contributed by atoms with van der Waals surface area (Å²) in [6.07, 6.45) is 0. The smallest absolute Gasteiger partial charge is 0.274 e. The Hall–Kier alpha value is -3.11. The Morgan fingerprint density at radius 1 is 1.26 bits per heavy atom. The van der Waals surface area contributed by atoms with E-state index in [4.69, 9.17) is 16.3 Å². The lowest BCUT2D eigenvalue weighted by Crippen LogP contribution is -2.15. The molecule has 0 saturated carbocycles. The summed E-state index contributed by atoms with van der Waals surface area (Å²) in [7, 11) is 0. The van der Waals surface area contributed by atoms with Crippen LogP contribution in [0.2, 0.25) is 5.02 Å². The number of halogens is 1. The predicted molar refractivity (Wildman–Crippen MR) is 119 cm³/mol. The predicted octanol–water partition coefficient (Wildman–Crippen LogP) is 4.48. The van der Waals surface area contributed by atoms with Crippen molar-refractivity contribution >= 4 is 40.6 Å². The van der Waals surface area contributed by atoms with Gasteiger partial charge in [-0.25, -0.2) is 0 Å². The monoisotopic (exact) mass is 461 g/mol. The van der Waals surface area contributed by atoms with Gasteiger partial charge in [-0.2, -0.15) is 0 Å². The van der Waals surface area contributed by atoms with Crippen LogP contribution < -0.4 is 10.1 Å². The number of benzene rings is 2. The highest BCUT2D eigenvalue weighted by molar-refractivity contribution is 7.99. The molecule has 0 atom stereocenters. The number of ether oxygens (including phenoxy) is 1. The third-order valence-corrected chi connectivity index (χ3v) is 5.53. The van der Waals surface area contributed by atoms with Crippen molar-refractivity contribution in [1.82, 2.24) is 14.8 Å². The number of anilines is 1. The number of carbonyl (C=O) groups excluding carboxylic acids is 1. The molecule has 3 aromatic rings. The Labute approximate surface area is 187 Å². The number of nitro benzene ring substituents is 1. The summed E-state index contributed by atoms with van der Waals surface area (Å²) < 4.78 is 7.59. The van der Waals surface area contributed by atoms with Gasteiger partial charge in [0, 0.05) is 28.9 Å². The fourth-order valence-corrected chi connectivity index (χ4v) is 3.69. The van der Waals surface area contributed by atoms with Crippen LogP contribution >= 0.6 is 23.4 Å².